The Morgan fingerprint density at radius 3 is 2.41 bits per heavy atom. The number of nitrogens with one attached hydrogen (secondary N) is 1. The Hall–Kier alpha value is -2.89. The molecule has 0 spiro atoms. The molecule has 3 N–H and O–H groups in total. The van der Waals surface area contributed by atoms with Crippen molar-refractivity contribution in [3.05, 3.63) is 82.3 Å². The van der Waals surface area contributed by atoms with E-state index in [1.54, 1.807) is 18.2 Å². The lowest BCUT2D eigenvalue weighted by atomic mass is 10.0. The molecule has 192 valence electrons. The number of hydrogen-bond acceptors (Lipinski definition) is 6. The minimum atomic E-state index is -3.81. The summed E-state index contributed by atoms with van der Waals surface area (Å²) in [7, 11) is -3.81. The first kappa shape index (κ1) is 27.2. The molecule has 4 aromatic rings. The van der Waals surface area contributed by atoms with Crippen LogP contribution in [0.25, 0.3) is 17.1 Å². The number of carbonyl (C=O) groups is 1. The zero-order valence-corrected chi connectivity index (χ0v) is 23.0. The number of carbonyl (C=O) groups excluding carboxylic acids is 1. The lowest BCUT2D eigenvalue weighted by molar-refractivity contribution is -0.113. The summed E-state index contributed by atoms with van der Waals surface area (Å²) >= 11 is 13.8. The highest BCUT2D eigenvalue weighted by Gasteiger charge is 2.22. The lowest BCUT2D eigenvalue weighted by Crippen LogP contribution is -2.15. The molecule has 0 saturated heterocycles. The SMILES string of the molecule is CC(C)c1ccccc1-n1c(SCC(=O)Nc2ccc(S(N)(=O)=O)cc2)nnc1-c1ccc(Cl)cc1Cl. The molecule has 1 aromatic heterocycles. The molecule has 0 aliphatic rings. The van der Waals surface area contributed by atoms with Gasteiger partial charge < -0.3 is 5.32 Å². The van der Waals surface area contributed by atoms with Crippen molar-refractivity contribution in [1.82, 2.24) is 14.8 Å². The van der Waals surface area contributed by atoms with Gasteiger partial charge in [-0.3, -0.25) is 9.36 Å². The van der Waals surface area contributed by atoms with E-state index < -0.39 is 10.0 Å². The van der Waals surface area contributed by atoms with E-state index in [9.17, 15) is 13.2 Å². The van der Waals surface area contributed by atoms with Crippen molar-refractivity contribution in [3.63, 3.8) is 0 Å². The number of benzene rings is 3. The molecule has 0 fully saturated rings. The van der Waals surface area contributed by atoms with Gasteiger partial charge in [-0.1, -0.05) is 67.0 Å². The highest BCUT2D eigenvalue weighted by molar-refractivity contribution is 7.99. The fourth-order valence-corrected chi connectivity index (χ4v) is 5.41. The number of sulfonamides is 1. The second kappa shape index (κ2) is 11.2. The van der Waals surface area contributed by atoms with Gasteiger partial charge in [-0.2, -0.15) is 0 Å². The fourth-order valence-electron chi connectivity index (χ4n) is 3.66. The summed E-state index contributed by atoms with van der Waals surface area (Å²) in [5.74, 6) is 0.476. The molecule has 0 unspecified atom stereocenters. The van der Waals surface area contributed by atoms with Crippen molar-refractivity contribution >= 4 is 56.6 Å². The van der Waals surface area contributed by atoms with Crippen LogP contribution in [-0.4, -0.2) is 34.8 Å². The molecule has 4 rings (SSSR count). The minimum absolute atomic E-state index is 0.0350. The van der Waals surface area contributed by atoms with Crippen molar-refractivity contribution in [1.29, 1.82) is 0 Å². The second-order valence-electron chi connectivity index (χ2n) is 8.39. The first-order valence-electron chi connectivity index (χ1n) is 11.1. The number of anilines is 1. The summed E-state index contributed by atoms with van der Waals surface area (Å²) in [5, 5.41) is 18.1. The van der Waals surface area contributed by atoms with Crippen molar-refractivity contribution in [2.24, 2.45) is 5.14 Å². The fraction of sp³-hybridized carbons (Fsp3) is 0.160. The number of halogens is 2. The van der Waals surface area contributed by atoms with Crippen LogP contribution in [0.15, 0.2) is 76.8 Å². The molecule has 8 nitrogen and oxygen atoms in total. The highest BCUT2D eigenvalue weighted by atomic mass is 35.5. The maximum atomic E-state index is 12.7. The molecule has 12 heteroatoms. The smallest absolute Gasteiger partial charge is 0.238 e. The first-order chi connectivity index (χ1) is 17.5. The van der Waals surface area contributed by atoms with E-state index >= 15 is 0 Å². The van der Waals surface area contributed by atoms with E-state index in [4.69, 9.17) is 28.3 Å². The van der Waals surface area contributed by atoms with Gasteiger partial charge in [0.1, 0.15) is 0 Å². The van der Waals surface area contributed by atoms with Crippen LogP contribution in [0.5, 0.6) is 0 Å². The Morgan fingerprint density at radius 2 is 1.76 bits per heavy atom. The van der Waals surface area contributed by atoms with E-state index in [0.29, 0.717) is 32.3 Å². The van der Waals surface area contributed by atoms with Gasteiger partial charge in [-0.15, -0.1) is 10.2 Å². The van der Waals surface area contributed by atoms with Crippen LogP contribution in [0.4, 0.5) is 5.69 Å². The highest BCUT2D eigenvalue weighted by Crippen LogP contribution is 2.35. The predicted molar refractivity (Wildman–Crippen MR) is 148 cm³/mol. The zero-order chi connectivity index (χ0) is 26.7. The van der Waals surface area contributed by atoms with Gasteiger partial charge in [0.25, 0.3) is 0 Å². The van der Waals surface area contributed by atoms with E-state index in [1.807, 2.05) is 28.8 Å². The van der Waals surface area contributed by atoms with Crippen molar-refractivity contribution in [2.45, 2.75) is 29.8 Å². The molecule has 37 heavy (non-hydrogen) atoms. The van der Waals surface area contributed by atoms with Gasteiger partial charge in [0, 0.05) is 16.3 Å². The van der Waals surface area contributed by atoms with Gasteiger partial charge in [0.05, 0.1) is 21.4 Å². The Balaban J connectivity index is 1.64. The number of para-hydroxylation sites is 1. The first-order valence-corrected chi connectivity index (χ1v) is 14.4. The van der Waals surface area contributed by atoms with Crippen molar-refractivity contribution in [3.8, 4) is 17.1 Å². The van der Waals surface area contributed by atoms with E-state index in [0.717, 1.165) is 11.3 Å². The molecule has 0 aliphatic carbocycles. The maximum absolute atomic E-state index is 12.7. The quantitative estimate of drug-likeness (QED) is 0.258. The molecule has 0 saturated carbocycles. The molecule has 1 amide bonds. The third-order valence-corrected chi connectivity index (χ3v) is 7.81. The van der Waals surface area contributed by atoms with E-state index in [-0.39, 0.29) is 22.5 Å². The average Bonchev–Trinajstić information content (AvgIpc) is 3.26. The molecule has 1 heterocycles. The molecule has 0 atom stereocenters. The van der Waals surface area contributed by atoms with Crippen LogP contribution in [0, 0.1) is 0 Å². The van der Waals surface area contributed by atoms with Crippen LogP contribution < -0.4 is 10.5 Å². The summed E-state index contributed by atoms with van der Waals surface area (Å²) in [6, 6.07) is 18.7. The Morgan fingerprint density at radius 1 is 1.05 bits per heavy atom. The Bertz CT molecular complexity index is 1560. The average molecular weight is 577 g/mol. The number of hydrogen-bond donors (Lipinski definition) is 2. The van der Waals surface area contributed by atoms with Crippen LogP contribution in [0.3, 0.4) is 0 Å². The summed E-state index contributed by atoms with van der Waals surface area (Å²) in [5.41, 5.74) is 3.06. The second-order valence-corrected chi connectivity index (χ2v) is 11.7. The summed E-state index contributed by atoms with van der Waals surface area (Å²) < 4.78 is 24.8. The summed E-state index contributed by atoms with van der Waals surface area (Å²) in [6.45, 7) is 4.19. The molecule has 3 aromatic carbocycles. The van der Waals surface area contributed by atoms with Gasteiger partial charge in [-0.25, -0.2) is 13.6 Å². The van der Waals surface area contributed by atoms with Crippen LogP contribution >= 0.6 is 35.0 Å². The predicted octanol–water partition coefficient (Wildman–Crippen LogP) is 5.74. The molecule has 0 radical (unpaired) electrons. The Kier molecular flexibility index (Phi) is 8.25. The van der Waals surface area contributed by atoms with Gasteiger partial charge >= 0.3 is 0 Å². The third kappa shape index (κ3) is 6.34. The van der Waals surface area contributed by atoms with Gasteiger partial charge in [0.15, 0.2) is 11.0 Å². The number of nitrogens with zero attached hydrogens (tertiary/aromatic N) is 3. The van der Waals surface area contributed by atoms with E-state index in [2.05, 4.69) is 29.4 Å². The number of amides is 1. The summed E-state index contributed by atoms with van der Waals surface area (Å²) in [6.07, 6.45) is 0. The number of rotatable bonds is 8. The number of primary sulfonamides is 1. The Labute approximate surface area is 229 Å². The van der Waals surface area contributed by atoms with Gasteiger partial charge in [0.2, 0.25) is 15.9 Å². The minimum Gasteiger partial charge on any atom is -0.325 e. The van der Waals surface area contributed by atoms with Crippen LogP contribution in [-0.2, 0) is 14.8 Å². The number of aromatic nitrogens is 3. The van der Waals surface area contributed by atoms with E-state index in [1.165, 1.54) is 36.0 Å². The molecular weight excluding hydrogens is 553 g/mol. The summed E-state index contributed by atoms with van der Waals surface area (Å²) in [4.78, 5) is 12.7. The normalized spacial score (nSPS) is 11.6. The monoisotopic (exact) mass is 575 g/mol. The lowest BCUT2D eigenvalue weighted by Gasteiger charge is -2.17. The molecular formula is C25H23Cl2N5O3S2. The van der Waals surface area contributed by atoms with Crippen LogP contribution in [0.1, 0.15) is 25.3 Å². The number of nitrogens with two attached hydrogens (primary N) is 1. The standard InChI is InChI=1S/C25H23Cl2N5O3S2/c1-15(2)19-5-3-4-6-22(19)32-24(20-12-7-16(26)13-21(20)27)30-31-25(32)36-14-23(33)29-17-8-10-18(11-9-17)37(28,34)35/h3-13,15H,14H2,1-2H3,(H,29,33)(H2,28,34,35). The third-order valence-electron chi connectivity index (χ3n) is 5.40. The molecule has 0 bridgehead atoms. The van der Waals surface area contributed by atoms with Crippen LogP contribution in [0.2, 0.25) is 10.0 Å². The van der Waals surface area contributed by atoms with Crippen molar-refractivity contribution < 1.29 is 13.2 Å². The van der Waals surface area contributed by atoms with Crippen molar-refractivity contribution in [2.75, 3.05) is 11.1 Å². The number of thioether (sulfide) groups is 1. The largest absolute Gasteiger partial charge is 0.325 e. The maximum Gasteiger partial charge on any atom is 0.238 e. The topological polar surface area (TPSA) is 120 Å². The zero-order valence-electron chi connectivity index (χ0n) is 19.9. The molecule has 0 aliphatic heterocycles. The van der Waals surface area contributed by atoms with Gasteiger partial charge in [-0.05, 0) is 60.0 Å².